The predicted octanol–water partition coefficient (Wildman–Crippen LogP) is 1.11. The van der Waals surface area contributed by atoms with E-state index in [0.717, 1.165) is 10.3 Å². The van der Waals surface area contributed by atoms with Gasteiger partial charge in [-0.3, -0.25) is 4.68 Å². The zero-order valence-corrected chi connectivity index (χ0v) is 8.17. The summed E-state index contributed by atoms with van der Waals surface area (Å²) in [6, 6.07) is 1.91. The van der Waals surface area contributed by atoms with Gasteiger partial charge in [-0.05, 0) is 28.9 Å². The normalized spacial score (nSPS) is 13.5. The van der Waals surface area contributed by atoms with Gasteiger partial charge < -0.3 is 5.11 Å². The van der Waals surface area contributed by atoms with Crippen molar-refractivity contribution in [2.75, 3.05) is 0 Å². The summed E-state index contributed by atoms with van der Waals surface area (Å²) in [5.41, 5.74) is 1.03. The third kappa shape index (κ3) is 2.31. The maximum Gasteiger partial charge on any atom is 0.128 e. The maximum atomic E-state index is 9.08. The van der Waals surface area contributed by atoms with E-state index in [0.29, 0.717) is 6.42 Å². The molecule has 0 aliphatic carbocycles. The molecule has 0 saturated carbocycles. The van der Waals surface area contributed by atoms with Crippen LogP contribution in [0.5, 0.6) is 0 Å². The molecule has 0 fully saturated rings. The van der Waals surface area contributed by atoms with E-state index in [1.165, 1.54) is 0 Å². The Morgan fingerprint density at radius 2 is 2.45 bits per heavy atom. The van der Waals surface area contributed by atoms with Crippen molar-refractivity contribution in [1.82, 2.24) is 9.78 Å². The van der Waals surface area contributed by atoms with E-state index in [2.05, 4.69) is 21.0 Å². The van der Waals surface area contributed by atoms with Gasteiger partial charge in [0.2, 0.25) is 0 Å². The van der Waals surface area contributed by atoms with Crippen LogP contribution in [-0.4, -0.2) is 21.0 Å². The van der Waals surface area contributed by atoms with Crippen LogP contribution in [0.15, 0.2) is 10.7 Å². The van der Waals surface area contributed by atoms with Gasteiger partial charge in [0.05, 0.1) is 6.10 Å². The van der Waals surface area contributed by atoms with Gasteiger partial charge in [0.15, 0.2) is 0 Å². The second-order valence-electron chi connectivity index (χ2n) is 2.64. The van der Waals surface area contributed by atoms with Crippen LogP contribution in [0.1, 0.15) is 12.6 Å². The summed E-state index contributed by atoms with van der Waals surface area (Å²) in [6.45, 7) is 1.76. The number of aliphatic hydroxyl groups is 1. The van der Waals surface area contributed by atoms with Crippen LogP contribution >= 0.6 is 15.9 Å². The number of halogens is 1. The minimum absolute atomic E-state index is 0.308. The quantitative estimate of drug-likeness (QED) is 0.808. The summed E-state index contributed by atoms with van der Waals surface area (Å²) in [5, 5.41) is 13.2. The summed E-state index contributed by atoms with van der Waals surface area (Å²) in [4.78, 5) is 0. The first kappa shape index (κ1) is 8.74. The lowest BCUT2D eigenvalue weighted by atomic mass is 10.2. The van der Waals surface area contributed by atoms with Crippen LogP contribution in [0.3, 0.4) is 0 Å². The molecule has 0 radical (unpaired) electrons. The highest BCUT2D eigenvalue weighted by Gasteiger charge is 2.05. The number of aryl methyl sites for hydroxylation is 1. The van der Waals surface area contributed by atoms with Crippen molar-refractivity contribution in [3.8, 4) is 0 Å². The Balaban J connectivity index is 2.77. The molecule has 0 unspecified atom stereocenters. The molecule has 0 aromatic carbocycles. The Bertz CT molecular complexity index is 245. The zero-order valence-electron chi connectivity index (χ0n) is 6.58. The highest BCUT2D eigenvalue weighted by molar-refractivity contribution is 9.10. The van der Waals surface area contributed by atoms with Gasteiger partial charge in [0.25, 0.3) is 0 Å². The fourth-order valence-electron chi connectivity index (χ4n) is 0.961. The molecule has 0 aliphatic heterocycles. The molecule has 1 aromatic rings. The average Bonchev–Trinajstić information content (AvgIpc) is 2.09. The van der Waals surface area contributed by atoms with Crippen LogP contribution in [0.25, 0.3) is 0 Å². The number of aliphatic hydroxyl groups excluding tert-OH is 1. The van der Waals surface area contributed by atoms with Crippen molar-refractivity contribution in [3.63, 3.8) is 0 Å². The molecule has 1 N–H and O–H groups in total. The SMILES string of the molecule is C[C@@H](O)Cc1cc(Br)nn1C. The maximum absolute atomic E-state index is 9.08. The largest absolute Gasteiger partial charge is 0.393 e. The van der Waals surface area contributed by atoms with Gasteiger partial charge in [-0.2, -0.15) is 5.10 Å². The molecule has 1 rings (SSSR count). The van der Waals surface area contributed by atoms with E-state index < -0.39 is 0 Å². The summed E-state index contributed by atoms with van der Waals surface area (Å²) in [5.74, 6) is 0. The Morgan fingerprint density at radius 3 is 2.82 bits per heavy atom. The Morgan fingerprint density at radius 1 is 1.82 bits per heavy atom. The van der Waals surface area contributed by atoms with Crippen LogP contribution in [-0.2, 0) is 13.5 Å². The van der Waals surface area contributed by atoms with E-state index in [1.807, 2.05) is 13.1 Å². The van der Waals surface area contributed by atoms with Crippen molar-refractivity contribution in [1.29, 1.82) is 0 Å². The molecule has 1 atom stereocenters. The zero-order chi connectivity index (χ0) is 8.43. The summed E-state index contributed by atoms with van der Waals surface area (Å²) in [6.07, 6.45) is 0.340. The van der Waals surface area contributed by atoms with Crippen LogP contribution in [0, 0.1) is 0 Å². The number of rotatable bonds is 2. The molecular formula is C7H11BrN2O. The lowest BCUT2D eigenvalue weighted by Crippen LogP contribution is -2.08. The van der Waals surface area contributed by atoms with Gasteiger partial charge in [-0.1, -0.05) is 0 Å². The second kappa shape index (κ2) is 3.36. The van der Waals surface area contributed by atoms with E-state index in [1.54, 1.807) is 11.6 Å². The van der Waals surface area contributed by atoms with E-state index >= 15 is 0 Å². The monoisotopic (exact) mass is 218 g/mol. The van der Waals surface area contributed by atoms with Crippen molar-refractivity contribution >= 4 is 15.9 Å². The van der Waals surface area contributed by atoms with Crippen molar-refractivity contribution < 1.29 is 5.11 Å². The van der Waals surface area contributed by atoms with E-state index in [-0.39, 0.29) is 6.10 Å². The Kier molecular flexibility index (Phi) is 2.67. The molecule has 62 valence electrons. The van der Waals surface area contributed by atoms with Crippen molar-refractivity contribution in [2.45, 2.75) is 19.4 Å². The highest BCUT2D eigenvalue weighted by Crippen LogP contribution is 2.10. The minimum atomic E-state index is -0.308. The van der Waals surface area contributed by atoms with Crippen molar-refractivity contribution in [2.24, 2.45) is 7.05 Å². The van der Waals surface area contributed by atoms with E-state index in [4.69, 9.17) is 5.11 Å². The molecule has 0 aliphatic rings. The van der Waals surface area contributed by atoms with Gasteiger partial charge in [0, 0.05) is 19.2 Å². The molecule has 0 amide bonds. The second-order valence-corrected chi connectivity index (χ2v) is 3.45. The van der Waals surface area contributed by atoms with Crippen LogP contribution < -0.4 is 0 Å². The fraction of sp³-hybridized carbons (Fsp3) is 0.571. The Labute approximate surface area is 74.2 Å². The minimum Gasteiger partial charge on any atom is -0.393 e. The highest BCUT2D eigenvalue weighted by atomic mass is 79.9. The standard InChI is InChI=1S/C7H11BrN2O/c1-5(11)3-6-4-7(8)9-10(6)2/h4-5,11H,3H2,1-2H3/t5-/m1/s1. The third-order valence-corrected chi connectivity index (χ3v) is 1.84. The number of hydrogen-bond donors (Lipinski definition) is 1. The number of hydrogen-bond acceptors (Lipinski definition) is 2. The molecule has 3 nitrogen and oxygen atoms in total. The third-order valence-electron chi connectivity index (χ3n) is 1.45. The van der Waals surface area contributed by atoms with Gasteiger partial charge in [0.1, 0.15) is 4.60 Å². The summed E-state index contributed by atoms with van der Waals surface area (Å²) in [7, 11) is 1.86. The molecule has 1 heterocycles. The first-order valence-electron chi connectivity index (χ1n) is 3.46. The molecular weight excluding hydrogens is 208 g/mol. The van der Waals surface area contributed by atoms with Gasteiger partial charge in [-0.25, -0.2) is 0 Å². The molecule has 1 aromatic heterocycles. The van der Waals surface area contributed by atoms with Gasteiger partial charge >= 0.3 is 0 Å². The number of nitrogens with zero attached hydrogens (tertiary/aromatic N) is 2. The first-order valence-corrected chi connectivity index (χ1v) is 4.25. The first-order chi connectivity index (χ1) is 5.09. The van der Waals surface area contributed by atoms with Crippen LogP contribution in [0.4, 0.5) is 0 Å². The fourth-order valence-corrected chi connectivity index (χ4v) is 1.46. The molecule has 0 saturated heterocycles. The topological polar surface area (TPSA) is 38.1 Å². The smallest absolute Gasteiger partial charge is 0.128 e. The predicted molar refractivity (Wildman–Crippen MR) is 46.3 cm³/mol. The van der Waals surface area contributed by atoms with Crippen LogP contribution in [0.2, 0.25) is 0 Å². The lowest BCUT2D eigenvalue weighted by molar-refractivity contribution is 0.193. The molecule has 0 bridgehead atoms. The lowest BCUT2D eigenvalue weighted by Gasteiger charge is -2.02. The number of aromatic nitrogens is 2. The van der Waals surface area contributed by atoms with Gasteiger partial charge in [-0.15, -0.1) is 0 Å². The van der Waals surface area contributed by atoms with E-state index in [9.17, 15) is 0 Å². The summed E-state index contributed by atoms with van der Waals surface area (Å²) >= 11 is 3.26. The molecule has 11 heavy (non-hydrogen) atoms. The average molecular weight is 219 g/mol. The molecule has 0 spiro atoms. The Hall–Kier alpha value is -0.350. The molecule has 4 heteroatoms. The van der Waals surface area contributed by atoms with Crippen molar-refractivity contribution in [3.05, 3.63) is 16.4 Å². The summed E-state index contributed by atoms with van der Waals surface area (Å²) < 4.78 is 2.58.